The number of hydrogen-bond donors (Lipinski definition) is 1. The highest BCUT2D eigenvalue weighted by Crippen LogP contribution is 2.26. The maximum atomic E-state index is 12.2. The Morgan fingerprint density at radius 2 is 1.95 bits per heavy atom. The van der Waals surface area contributed by atoms with Gasteiger partial charge in [-0.05, 0) is 45.0 Å². The molecular formula is C13H19Cl2NO2S. The number of halogens is 2. The van der Waals surface area contributed by atoms with Crippen LogP contribution >= 0.6 is 23.2 Å². The zero-order valence-corrected chi connectivity index (χ0v) is 13.4. The van der Waals surface area contributed by atoms with E-state index in [1.54, 1.807) is 6.07 Å². The molecule has 108 valence electrons. The summed E-state index contributed by atoms with van der Waals surface area (Å²) in [6, 6.07) is 4.91. The predicted octanol–water partition coefficient (Wildman–Crippen LogP) is 3.55. The molecule has 0 fully saturated rings. The molecule has 1 aromatic rings. The van der Waals surface area contributed by atoms with Gasteiger partial charge in [0.15, 0.2) is 9.84 Å². The van der Waals surface area contributed by atoms with Gasteiger partial charge < -0.3 is 5.32 Å². The van der Waals surface area contributed by atoms with Crippen LogP contribution in [0.1, 0.15) is 26.2 Å². The fraction of sp³-hybridized carbons (Fsp3) is 0.538. The van der Waals surface area contributed by atoms with Gasteiger partial charge in [-0.25, -0.2) is 8.42 Å². The lowest BCUT2D eigenvalue weighted by atomic mass is 10.1. The molecule has 0 aliphatic rings. The van der Waals surface area contributed by atoms with Crippen molar-refractivity contribution in [3.8, 4) is 0 Å². The molecule has 0 heterocycles. The lowest BCUT2D eigenvalue weighted by Crippen LogP contribution is -2.21. The van der Waals surface area contributed by atoms with E-state index in [1.807, 2.05) is 7.05 Å². The SMILES string of the molecule is CNC(C)CCCCS(=O)(=O)c1cc(Cl)ccc1Cl. The molecule has 1 aromatic carbocycles. The van der Waals surface area contributed by atoms with Crippen molar-refractivity contribution in [1.29, 1.82) is 0 Å². The molecule has 0 aliphatic carbocycles. The standard InChI is InChI=1S/C13H19Cl2NO2S/c1-10(16-2)5-3-4-8-19(17,18)13-9-11(14)6-7-12(13)15/h6-7,9-10,16H,3-5,8H2,1-2H3. The van der Waals surface area contributed by atoms with E-state index >= 15 is 0 Å². The predicted molar refractivity (Wildman–Crippen MR) is 80.9 cm³/mol. The van der Waals surface area contributed by atoms with Crippen LogP contribution in [0.5, 0.6) is 0 Å². The number of nitrogens with one attached hydrogen (secondary N) is 1. The van der Waals surface area contributed by atoms with Crippen molar-refractivity contribution in [3.05, 3.63) is 28.2 Å². The van der Waals surface area contributed by atoms with Crippen LogP contribution in [0.3, 0.4) is 0 Å². The summed E-state index contributed by atoms with van der Waals surface area (Å²) in [6.45, 7) is 2.07. The van der Waals surface area contributed by atoms with Gasteiger partial charge in [-0.3, -0.25) is 0 Å². The molecule has 1 atom stereocenters. The lowest BCUT2D eigenvalue weighted by Gasteiger charge is -2.10. The normalized spacial score (nSPS) is 13.5. The van der Waals surface area contributed by atoms with E-state index in [1.165, 1.54) is 12.1 Å². The summed E-state index contributed by atoms with van der Waals surface area (Å²) in [4.78, 5) is 0.128. The van der Waals surface area contributed by atoms with Crippen molar-refractivity contribution in [2.45, 2.75) is 37.1 Å². The fourth-order valence-corrected chi connectivity index (χ4v) is 3.90. The van der Waals surface area contributed by atoms with E-state index in [0.29, 0.717) is 17.5 Å². The van der Waals surface area contributed by atoms with Crippen molar-refractivity contribution in [1.82, 2.24) is 5.32 Å². The minimum absolute atomic E-state index is 0.101. The number of sulfone groups is 1. The molecule has 6 heteroatoms. The van der Waals surface area contributed by atoms with Gasteiger partial charge in [0.05, 0.1) is 15.7 Å². The Balaban J connectivity index is 2.64. The van der Waals surface area contributed by atoms with Gasteiger partial charge in [-0.2, -0.15) is 0 Å². The summed E-state index contributed by atoms with van der Waals surface area (Å²) in [6.07, 6.45) is 2.44. The van der Waals surface area contributed by atoms with Crippen LogP contribution in [0, 0.1) is 0 Å². The van der Waals surface area contributed by atoms with Gasteiger partial charge in [-0.1, -0.05) is 29.6 Å². The highest BCUT2D eigenvalue weighted by molar-refractivity contribution is 7.91. The largest absolute Gasteiger partial charge is 0.317 e. The lowest BCUT2D eigenvalue weighted by molar-refractivity contribution is 0.533. The quantitative estimate of drug-likeness (QED) is 0.780. The summed E-state index contributed by atoms with van der Waals surface area (Å²) in [5, 5.41) is 3.73. The van der Waals surface area contributed by atoms with Crippen LogP contribution < -0.4 is 5.32 Å². The van der Waals surface area contributed by atoms with Crippen LogP contribution in [0.4, 0.5) is 0 Å². The van der Waals surface area contributed by atoms with Crippen LogP contribution in [0.2, 0.25) is 10.0 Å². The summed E-state index contributed by atoms with van der Waals surface area (Å²) in [5.41, 5.74) is 0. The average Bonchev–Trinajstić information content (AvgIpc) is 2.37. The fourth-order valence-electron chi connectivity index (χ4n) is 1.71. The Hall–Kier alpha value is -0.290. The highest BCUT2D eigenvalue weighted by atomic mass is 35.5. The first-order valence-corrected chi connectivity index (χ1v) is 8.62. The maximum Gasteiger partial charge on any atom is 0.179 e. The first-order chi connectivity index (χ1) is 8.86. The van der Waals surface area contributed by atoms with Gasteiger partial charge in [0.1, 0.15) is 0 Å². The highest BCUT2D eigenvalue weighted by Gasteiger charge is 2.18. The second kappa shape index (κ2) is 7.48. The van der Waals surface area contributed by atoms with Crippen LogP contribution in [-0.2, 0) is 9.84 Å². The van der Waals surface area contributed by atoms with Crippen molar-refractivity contribution < 1.29 is 8.42 Å². The first kappa shape index (κ1) is 16.8. The number of benzene rings is 1. The van der Waals surface area contributed by atoms with E-state index in [-0.39, 0.29) is 15.7 Å². The third-order valence-corrected chi connectivity index (χ3v) is 5.53. The molecular weight excluding hydrogens is 305 g/mol. The van der Waals surface area contributed by atoms with Crippen LogP contribution in [0.15, 0.2) is 23.1 Å². The number of rotatable bonds is 7. The third kappa shape index (κ3) is 5.30. The van der Waals surface area contributed by atoms with Crippen molar-refractivity contribution in [3.63, 3.8) is 0 Å². The third-order valence-electron chi connectivity index (χ3n) is 3.02. The van der Waals surface area contributed by atoms with E-state index in [2.05, 4.69) is 12.2 Å². The molecule has 3 nitrogen and oxygen atoms in total. The number of unbranched alkanes of at least 4 members (excludes halogenated alkanes) is 1. The van der Waals surface area contributed by atoms with Gasteiger partial charge >= 0.3 is 0 Å². The molecule has 0 spiro atoms. The van der Waals surface area contributed by atoms with Crippen molar-refractivity contribution in [2.24, 2.45) is 0 Å². The molecule has 0 amide bonds. The summed E-state index contributed by atoms with van der Waals surface area (Å²) < 4.78 is 24.3. The first-order valence-electron chi connectivity index (χ1n) is 6.22. The smallest absolute Gasteiger partial charge is 0.179 e. The molecule has 1 rings (SSSR count). The molecule has 0 aliphatic heterocycles. The van der Waals surface area contributed by atoms with Gasteiger partial charge in [0, 0.05) is 11.1 Å². The minimum Gasteiger partial charge on any atom is -0.317 e. The molecule has 1 unspecified atom stereocenters. The Morgan fingerprint density at radius 1 is 1.26 bits per heavy atom. The minimum atomic E-state index is -3.35. The summed E-state index contributed by atoms with van der Waals surface area (Å²) >= 11 is 11.7. The second-order valence-corrected chi connectivity index (χ2v) is 7.50. The zero-order chi connectivity index (χ0) is 14.5. The molecule has 0 radical (unpaired) electrons. The van der Waals surface area contributed by atoms with Crippen LogP contribution in [-0.4, -0.2) is 27.3 Å². The molecule has 0 saturated carbocycles. The van der Waals surface area contributed by atoms with E-state index in [0.717, 1.165) is 12.8 Å². The zero-order valence-electron chi connectivity index (χ0n) is 11.1. The van der Waals surface area contributed by atoms with E-state index in [9.17, 15) is 8.42 Å². The van der Waals surface area contributed by atoms with Gasteiger partial charge in [0.2, 0.25) is 0 Å². The van der Waals surface area contributed by atoms with Crippen molar-refractivity contribution >= 4 is 33.0 Å². The maximum absolute atomic E-state index is 12.2. The van der Waals surface area contributed by atoms with Crippen LogP contribution in [0.25, 0.3) is 0 Å². The number of hydrogen-bond acceptors (Lipinski definition) is 3. The molecule has 1 N–H and O–H groups in total. The Kier molecular flexibility index (Phi) is 6.60. The molecule has 0 aromatic heterocycles. The topological polar surface area (TPSA) is 46.2 Å². The second-order valence-electron chi connectivity index (χ2n) is 4.58. The molecule has 0 saturated heterocycles. The van der Waals surface area contributed by atoms with Gasteiger partial charge in [-0.15, -0.1) is 0 Å². The Bertz CT molecular complexity index is 517. The Labute approximate surface area is 125 Å². The molecule has 19 heavy (non-hydrogen) atoms. The average molecular weight is 324 g/mol. The summed E-state index contributed by atoms with van der Waals surface area (Å²) in [7, 11) is -1.46. The van der Waals surface area contributed by atoms with E-state index < -0.39 is 9.84 Å². The monoisotopic (exact) mass is 323 g/mol. The molecule has 0 bridgehead atoms. The van der Waals surface area contributed by atoms with Crippen molar-refractivity contribution in [2.75, 3.05) is 12.8 Å². The van der Waals surface area contributed by atoms with E-state index in [4.69, 9.17) is 23.2 Å². The van der Waals surface area contributed by atoms with Gasteiger partial charge in [0.25, 0.3) is 0 Å². The Morgan fingerprint density at radius 3 is 2.58 bits per heavy atom. The summed E-state index contributed by atoms with van der Waals surface area (Å²) in [5.74, 6) is 0.101.